The summed E-state index contributed by atoms with van der Waals surface area (Å²) in [6, 6.07) is 5.84. The molecule has 0 saturated carbocycles. The van der Waals surface area contributed by atoms with Crippen LogP contribution in [-0.4, -0.2) is 64.5 Å². The van der Waals surface area contributed by atoms with Crippen LogP contribution in [-0.2, 0) is 16.1 Å². The Kier molecular flexibility index (Phi) is 6.31. The number of fused-ring (bicyclic) bond motifs is 2. The highest BCUT2D eigenvalue weighted by Gasteiger charge is 2.27. The summed E-state index contributed by atoms with van der Waals surface area (Å²) < 4.78 is 7.21. The number of anilines is 1. The van der Waals surface area contributed by atoms with Gasteiger partial charge in [-0.25, -0.2) is 4.79 Å². The first-order valence-corrected chi connectivity index (χ1v) is 11.5. The maximum Gasteiger partial charge on any atom is 0.408 e. The number of hydrogen-bond acceptors (Lipinski definition) is 7. The smallest absolute Gasteiger partial charge is 0.408 e. The molecule has 0 spiro atoms. The fourth-order valence-corrected chi connectivity index (χ4v) is 4.67. The average molecular weight is 469 g/mol. The highest BCUT2D eigenvalue weighted by atomic mass is 32.2. The maximum absolute atomic E-state index is 12.6. The van der Waals surface area contributed by atoms with E-state index in [0.717, 1.165) is 45.0 Å². The summed E-state index contributed by atoms with van der Waals surface area (Å²) in [4.78, 5) is 32.7. The van der Waals surface area contributed by atoms with Gasteiger partial charge in [0.2, 0.25) is 5.91 Å². The first-order valence-electron chi connectivity index (χ1n) is 10.7. The number of nitrogens with zero attached hydrogens (tertiary/aromatic N) is 4. The van der Waals surface area contributed by atoms with Crippen LogP contribution in [0.3, 0.4) is 0 Å². The molecule has 1 aliphatic heterocycles. The highest BCUT2D eigenvalue weighted by molar-refractivity contribution is 8.00. The molecule has 0 bridgehead atoms. The zero-order valence-electron chi connectivity index (χ0n) is 19.4. The summed E-state index contributed by atoms with van der Waals surface area (Å²) in [6.07, 6.45) is 2.95. The minimum atomic E-state index is -0.631. The molecule has 0 atom stereocenters. The van der Waals surface area contributed by atoms with Crippen molar-refractivity contribution in [2.45, 2.75) is 42.7 Å². The number of aromatic nitrogens is 3. The minimum Gasteiger partial charge on any atom is -0.444 e. The fraction of sp³-hybridized carbons (Fsp3) is 0.391. The number of amides is 2. The number of benzene rings is 1. The number of ether oxygens (including phenoxy) is 1. The molecule has 0 fully saturated rings. The predicted molar refractivity (Wildman–Crippen MR) is 129 cm³/mol. The second-order valence-corrected chi connectivity index (χ2v) is 10.1. The molecule has 2 amide bonds. The summed E-state index contributed by atoms with van der Waals surface area (Å²) in [5.74, 6) is -0.337. The standard InChI is InChI=1S/C23H28N6O3S/c1-23(2,3)32-22(31)25-13-18(30)26-15-6-7-16-19-20(27-29(16)11-10-28(4)5)14-8-9-24-12-17(14)33-21(15)19/h6-9,12H,10-11,13H2,1-5H3,(H,25,31)(H,26,30). The van der Waals surface area contributed by atoms with E-state index in [2.05, 4.69) is 20.5 Å². The molecule has 3 aromatic rings. The van der Waals surface area contributed by atoms with Gasteiger partial charge in [-0.1, -0.05) is 11.8 Å². The third-order valence-corrected chi connectivity index (χ3v) is 6.12. The number of alkyl carbamates (subject to hydrolysis) is 1. The van der Waals surface area contributed by atoms with Crippen LogP contribution in [0.25, 0.3) is 22.2 Å². The fourth-order valence-electron chi connectivity index (χ4n) is 3.53. The lowest BCUT2D eigenvalue weighted by Crippen LogP contribution is -2.37. The zero-order valence-corrected chi connectivity index (χ0v) is 20.2. The van der Waals surface area contributed by atoms with Gasteiger partial charge < -0.3 is 20.3 Å². The second-order valence-electron chi connectivity index (χ2n) is 9.09. The van der Waals surface area contributed by atoms with E-state index in [-0.39, 0.29) is 12.5 Å². The zero-order chi connectivity index (χ0) is 23.8. The number of pyridine rings is 1. The quantitative estimate of drug-likeness (QED) is 0.446. The minimum absolute atomic E-state index is 0.190. The van der Waals surface area contributed by atoms with Gasteiger partial charge >= 0.3 is 6.09 Å². The van der Waals surface area contributed by atoms with Crippen LogP contribution in [0.5, 0.6) is 0 Å². The van der Waals surface area contributed by atoms with Crippen molar-refractivity contribution >= 4 is 40.4 Å². The van der Waals surface area contributed by atoms with E-state index < -0.39 is 11.7 Å². The van der Waals surface area contributed by atoms with Crippen molar-refractivity contribution in [3.63, 3.8) is 0 Å². The van der Waals surface area contributed by atoms with Gasteiger partial charge in [0.15, 0.2) is 0 Å². The van der Waals surface area contributed by atoms with E-state index >= 15 is 0 Å². The Balaban J connectivity index is 1.62. The van der Waals surface area contributed by atoms with Gasteiger partial charge in [-0.3, -0.25) is 14.5 Å². The van der Waals surface area contributed by atoms with Crippen molar-refractivity contribution in [1.29, 1.82) is 0 Å². The molecule has 2 aromatic heterocycles. The van der Waals surface area contributed by atoms with E-state index in [1.807, 2.05) is 43.2 Å². The van der Waals surface area contributed by atoms with Crippen LogP contribution < -0.4 is 10.6 Å². The molecule has 1 aliphatic rings. The van der Waals surface area contributed by atoms with Crippen molar-refractivity contribution in [3.05, 3.63) is 30.6 Å². The lowest BCUT2D eigenvalue weighted by atomic mass is 10.1. The average Bonchev–Trinajstić information content (AvgIpc) is 3.11. The van der Waals surface area contributed by atoms with E-state index in [1.54, 1.807) is 38.7 Å². The predicted octanol–water partition coefficient (Wildman–Crippen LogP) is 3.59. The Hall–Kier alpha value is -3.11. The molecule has 0 unspecified atom stereocenters. The highest BCUT2D eigenvalue weighted by Crippen LogP contribution is 2.50. The monoisotopic (exact) mass is 468 g/mol. The van der Waals surface area contributed by atoms with Gasteiger partial charge in [0, 0.05) is 39.7 Å². The number of hydrogen-bond donors (Lipinski definition) is 2. The number of nitrogens with one attached hydrogen (secondary N) is 2. The van der Waals surface area contributed by atoms with Crippen LogP contribution in [0, 0.1) is 0 Å². The van der Waals surface area contributed by atoms with Gasteiger partial charge in [-0.2, -0.15) is 5.10 Å². The Morgan fingerprint density at radius 2 is 2.00 bits per heavy atom. The topological polar surface area (TPSA) is 101 Å². The van der Waals surface area contributed by atoms with Crippen molar-refractivity contribution in [3.8, 4) is 11.3 Å². The molecule has 9 nitrogen and oxygen atoms in total. The molecule has 2 N–H and O–H groups in total. The van der Waals surface area contributed by atoms with Crippen LogP contribution in [0.4, 0.5) is 10.5 Å². The van der Waals surface area contributed by atoms with E-state index in [0.29, 0.717) is 5.69 Å². The Morgan fingerprint density at radius 1 is 1.21 bits per heavy atom. The molecule has 33 heavy (non-hydrogen) atoms. The number of rotatable bonds is 6. The molecule has 0 aliphatic carbocycles. The Morgan fingerprint density at radius 3 is 2.73 bits per heavy atom. The summed E-state index contributed by atoms with van der Waals surface area (Å²) >= 11 is 1.56. The SMILES string of the molecule is CN(C)CCn1nc2c3c(c(NC(=O)CNC(=O)OC(C)(C)C)ccc31)Sc1cnccc1-2. The van der Waals surface area contributed by atoms with Crippen molar-refractivity contribution in [1.82, 2.24) is 25.0 Å². The Labute approximate surface area is 196 Å². The number of likely N-dealkylation sites (N-methyl/N-ethyl adjacent to an activating group) is 1. The largest absolute Gasteiger partial charge is 0.444 e. The van der Waals surface area contributed by atoms with Crippen molar-refractivity contribution in [2.75, 3.05) is 32.5 Å². The lowest BCUT2D eigenvalue weighted by Gasteiger charge is -2.20. The van der Waals surface area contributed by atoms with Gasteiger partial charge in [-0.15, -0.1) is 0 Å². The molecule has 0 saturated heterocycles. The summed E-state index contributed by atoms with van der Waals surface area (Å²) in [6.45, 7) is 6.73. The molecule has 174 valence electrons. The van der Waals surface area contributed by atoms with Crippen molar-refractivity contribution in [2.24, 2.45) is 0 Å². The van der Waals surface area contributed by atoms with E-state index in [9.17, 15) is 9.59 Å². The third kappa shape index (κ3) is 5.12. The molecule has 0 radical (unpaired) electrons. The summed E-state index contributed by atoms with van der Waals surface area (Å²) in [7, 11) is 4.07. The van der Waals surface area contributed by atoms with E-state index in [1.165, 1.54) is 0 Å². The first-order chi connectivity index (χ1) is 15.6. The van der Waals surface area contributed by atoms with Crippen LogP contribution in [0.15, 0.2) is 40.4 Å². The van der Waals surface area contributed by atoms with Gasteiger partial charge in [-0.05, 0) is 53.1 Å². The van der Waals surface area contributed by atoms with Crippen LogP contribution in [0.2, 0.25) is 0 Å². The van der Waals surface area contributed by atoms with Crippen molar-refractivity contribution < 1.29 is 14.3 Å². The van der Waals surface area contributed by atoms with Gasteiger partial charge in [0.25, 0.3) is 0 Å². The summed E-state index contributed by atoms with van der Waals surface area (Å²) in [5, 5.41) is 11.3. The summed E-state index contributed by atoms with van der Waals surface area (Å²) in [5.41, 5.74) is 2.98. The van der Waals surface area contributed by atoms with E-state index in [4.69, 9.17) is 9.84 Å². The first kappa shape index (κ1) is 23.1. The normalized spacial score (nSPS) is 12.5. The van der Waals surface area contributed by atoms with Crippen LogP contribution >= 0.6 is 11.8 Å². The van der Waals surface area contributed by atoms with Gasteiger partial charge in [0.05, 0.1) is 17.7 Å². The second kappa shape index (κ2) is 9.03. The van der Waals surface area contributed by atoms with Gasteiger partial charge in [0.1, 0.15) is 17.8 Å². The Bertz CT molecular complexity index is 1210. The molecular weight excluding hydrogens is 440 g/mol. The van der Waals surface area contributed by atoms with Crippen LogP contribution in [0.1, 0.15) is 20.8 Å². The maximum atomic E-state index is 12.6. The number of carbonyl (C=O) groups excluding carboxylic acids is 2. The molecule has 1 aromatic carbocycles. The lowest BCUT2D eigenvalue weighted by molar-refractivity contribution is -0.115. The molecule has 3 heterocycles. The molecule has 10 heteroatoms. The third-order valence-electron chi connectivity index (χ3n) is 4.95. The molecule has 4 rings (SSSR count). The molecular formula is C23H28N6O3S. The number of carbonyl (C=O) groups is 2.